The molecule has 2 N–H and O–H groups in total. The number of nitrogens with one attached hydrogen (secondary N) is 2. The molecule has 0 saturated heterocycles. The minimum atomic E-state index is -0.0467. The molecular formula is C46H38CuN4O2. The number of allylic oxidation sites excluding steroid dienone is 4. The molecule has 4 heterocycles. The quantitative estimate of drug-likeness (QED) is 0.121. The molecule has 0 bridgehead atoms. The molecule has 265 valence electrons. The minimum absolute atomic E-state index is 0. The Labute approximate surface area is 320 Å². The van der Waals surface area contributed by atoms with E-state index in [0.29, 0.717) is 22.5 Å². The molecule has 0 aliphatic carbocycles. The number of rotatable bonds is 8. The molecule has 2 aliphatic rings. The third kappa shape index (κ3) is 8.50. The van der Waals surface area contributed by atoms with Gasteiger partial charge >= 0.3 is 17.1 Å². The summed E-state index contributed by atoms with van der Waals surface area (Å²) in [4.78, 5) is 15.9. The average Bonchev–Trinajstić information content (AvgIpc) is 4.03. The van der Waals surface area contributed by atoms with E-state index >= 15 is 0 Å². The van der Waals surface area contributed by atoms with Gasteiger partial charge in [0.15, 0.2) is 0 Å². The van der Waals surface area contributed by atoms with Crippen LogP contribution in [-0.2, 0) is 17.1 Å². The van der Waals surface area contributed by atoms with Crippen molar-refractivity contribution in [3.05, 3.63) is 226 Å². The van der Waals surface area contributed by atoms with Crippen molar-refractivity contribution in [3.63, 3.8) is 0 Å². The summed E-state index contributed by atoms with van der Waals surface area (Å²) < 4.78 is 0. The Hall–Kier alpha value is -6.14. The van der Waals surface area contributed by atoms with Crippen molar-refractivity contribution in [2.45, 2.75) is 25.7 Å². The van der Waals surface area contributed by atoms with Crippen LogP contribution >= 0.6 is 0 Å². The molecular weight excluding hydrogens is 704 g/mol. The molecule has 0 amide bonds. The second-order valence-corrected chi connectivity index (χ2v) is 12.8. The fraction of sp³-hybridized carbons (Fsp3) is 0.0870. The molecule has 0 spiro atoms. The number of aromatic amines is 2. The van der Waals surface area contributed by atoms with E-state index in [-0.39, 0.29) is 40.4 Å². The van der Waals surface area contributed by atoms with Gasteiger partial charge in [0.2, 0.25) is 0 Å². The maximum Gasteiger partial charge on any atom is 2.00 e. The first-order chi connectivity index (χ1) is 25.4. The predicted molar refractivity (Wildman–Crippen MR) is 208 cm³/mol. The monoisotopic (exact) mass is 741 g/mol. The number of benzene rings is 4. The van der Waals surface area contributed by atoms with Gasteiger partial charge in [-0.25, -0.2) is 0 Å². The maximum atomic E-state index is 12.7. The molecule has 2 unspecified atom stereocenters. The Bertz CT molecular complexity index is 2130. The van der Waals surface area contributed by atoms with Crippen LogP contribution in [0.25, 0.3) is 11.5 Å². The van der Waals surface area contributed by atoms with Crippen LogP contribution < -0.4 is 10.2 Å². The number of hydrogen-bond acceptors (Lipinski definition) is 4. The predicted octanol–water partition coefficient (Wildman–Crippen LogP) is 8.39. The first-order valence-electron chi connectivity index (χ1n) is 17.3. The molecule has 6 aromatic rings. The molecule has 0 fully saturated rings. The van der Waals surface area contributed by atoms with Crippen LogP contribution in [0.1, 0.15) is 56.6 Å². The maximum absolute atomic E-state index is 12.7. The number of aryl methyl sites for hydroxylation is 2. The molecule has 7 heteroatoms. The van der Waals surface area contributed by atoms with Crippen LogP contribution in [0.2, 0.25) is 0 Å². The van der Waals surface area contributed by atoms with Crippen LogP contribution in [0.4, 0.5) is 0 Å². The molecule has 2 atom stereocenters. The summed E-state index contributed by atoms with van der Waals surface area (Å²) in [5.41, 5.74) is 10.7. The zero-order valence-electron chi connectivity index (χ0n) is 29.3. The van der Waals surface area contributed by atoms with Gasteiger partial charge in [0, 0.05) is 23.8 Å². The van der Waals surface area contributed by atoms with Gasteiger partial charge in [0.25, 0.3) is 0 Å². The second kappa shape index (κ2) is 16.9. The van der Waals surface area contributed by atoms with Crippen molar-refractivity contribution in [2.24, 2.45) is 9.98 Å². The van der Waals surface area contributed by atoms with E-state index in [9.17, 15) is 10.2 Å². The van der Waals surface area contributed by atoms with E-state index in [4.69, 9.17) is 0 Å². The Kier molecular flexibility index (Phi) is 11.7. The molecule has 8 rings (SSSR count). The standard InChI is InChI=1S/2C23H20N2O.Cu/c2*1-16-9-11-18(12-10-16)23(26)21-14-13-20(25-21)22(19-8-5-15-24-19)17-6-3-2-4-7-17;/h2*2-15,22,24,26H,1H3;/q;;+2/p-2/b2*23-21-;. The Balaban J connectivity index is 0.000000178. The van der Waals surface area contributed by atoms with Crippen molar-refractivity contribution in [1.82, 2.24) is 9.97 Å². The van der Waals surface area contributed by atoms with Crippen molar-refractivity contribution in [2.75, 3.05) is 0 Å². The van der Waals surface area contributed by atoms with E-state index < -0.39 is 0 Å². The van der Waals surface area contributed by atoms with Crippen molar-refractivity contribution in [1.29, 1.82) is 0 Å². The van der Waals surface area contributed by atoms with Crippen molar-refractivity contribution < 1.29 is 27.3 Å². The minimum Gasteiger partial charge on any atom is -0.871 e. The first-order valence-corrected chi connectivity index (χ1v) is 17.3. The summed E-state index contributed by atoms with van der Waals surface area (Å²) in [6, 6.07) is 43.7. The topological polar surface area (TPSA) is 102 Å². The smallest absolute Gasteiger partial charge is 0.871 e. The van der Waals surface area contributed by atoms with E-state index in [1.54, 1.807) is 0 Å². The van der Waals surface area contributed by atoms with Crippen LogP contribution in [-0.4, -0.2) is 21.4 Å². The van der Waals surface area contributed by atoms with E-state index in [0.717, 1.165) is 45.1 Å². The number of aliphatic imine (C=N–C) groups is 2. The summed E-state index contributed by atoms with van der Waals surface area (Å²) in [5.74, 6) is -0.138. The van der Waals surface area contributed by atoms with Crippen molar-refractivity contribution in [3.8, 4) is 0 Å². The van der Waals surface area contributed by atoms with Gasteiger partial charge in [-0.1, -0.05) is 132 Å². The van der Waals surface area contributed by atoms with Gasteiger partial charge in [0.1, 0.15) is 0 Å². The van der Waals surface area contributed by atoms with Crippen LogP contribution in [0, 0.1) is 13.8 Å². The van der Waals surface area contributed by atoms with Crippen LogP contribution in [0.15, 0.2) is 192 Å². The van der Waals surface area contributed by atoms with Gasteiger partial charge in [-0.3, -0.25) is 9.98 Å². The Morgan fingerprint density at radius 1 is 0.472 bits per heavy atom. The zero-order valence-corrected chi connectivity index (χ0v) is 30.3. The summed E-state index contributed by atoms with van der Waals surface area (Å²) >= 11 is 0. The molecule has 1 radical (unpaired) electrons. The number of aromatic nitrogens is 2. The number of nitrogens with zero attached hydrogens (tertiary/aromatic N) is 2. The second-order valence-electron chi connectivity index (χ2n) is 12.8. The van der Waals surface area contributed by atoms with Crippen LogP contribution in [0.3, 0.4) is 0 Å². The van der Waals surface area contributed by atoms with E-state index in [1.165, 1.54) is 0 Å². The fourth-order valence-corrected chi connectivity index (χ4v) is 6.39. The van der Waals surface area contributed by atoms with Crippen molar-refractivity contribution >= 4 is 22.9 Å². The Morgan fingerprint density at radius 3 is 1.19 bits per heavy atom. The molecule has 6 nitrogen and oxygen atoms in total. The molecule has 2 aliphatic heterocycles. The van der Waals surface area contributed by atoms with E-state index in [1.807, 2.05) is 160 Å². The summed E-state index contributed by atoms with van der Waals surface area (Å²) in [6.45, 7) is 4.02. The van der Waals surface area contributed by atoms with Crippen LogP contribution in [0.5, 0.6) is 0 Å². The van der Waals surface area contributed by atoms with Gasteiger partial charge in [0.05, 0.1) is 34.7 Å². The van der Waals surface area contributed by atoms with Gasteiger partial charge in [-0.15, -0.1) is 0 Å². The molecule has 53 heavy (non-hydrogen) atoms. The van der Waals surface area contributed by atoms with E-state index in [2.05, 4.69) is 44.2 Å². The first kappa shape index (κ1) is 36.6. The SMILES string of the molecule is Cc1ccc(/C([O-])=C2\C=CC(C(c3ccccc3)c3ccc[nH]3)=N2)cc1.Cc1ccc(/C([O-])=C2\C=CC(C(c3ccccc3)c3ccc[nH]3)=N2)cc1.[Cu+2]. The van der Waals surface area contributed by atoms with Gasteiger partial charge < -0.3 is 20.2 Å². The van der Waals surface area contributed by atoms with Gasteiger partial charge in [-0.05, 0) is 84.7 Å². The Morgan fingerprint density at radius 2 is 0.849 bits per heavy atom. The summed E-state index contributed by atoms with van der Waals surface area (Å²) in [7, 11) is 0. The molecule has 2 aromatic heterocycles. The molecule has 4 aromatic carbocycles. The summed E-state index contributed by atoms with van der Waals surface area (Å²) in [6.07, 6.45) is 11.3. The largest absolute Gasteiger partial charge is 2.00 e. The third-order valence-corrected chi connectivity index (χ3v) is 9.14. The normalized spacial score (nSPS) is 16.1. The van der Waals surface area contributed by atoms with Gasteiger partial charge in [-0.2, -0.15) is 0 Å². The fourth-order valence-electron chi connectivity index (χ4n) is 6.39. The number of H-pyrrole nitrogens is 2. The zero-order chi connectivity index (χ0) is 35.9. The molecule has 0 saturated carbocycles. The summed E-state index contributed by atoms with van der Waals surface area (Å²) in [5, 5.41) is 25.5. The third-order valence-electron chi connectivity index (χ3n) is 9.14. The average molecular weight is 742 g/mol. The number of hydrogen-bond donors (Lipinski definition) is 2.